The Morgan fingerprint density at radius 2 is 1.58 bits per heavy atom. The molecule has 0 spiro atoms. The molecule has 4 heterocycles. The number of aliphatic carboxylic acids is 1. The number of sulfonamides is 1. The topological polar surface area (TPSA) is 295 Å². The lowest BCUT2D eigenvalue weighted by atomic mass is 10.1. The number of nitrogens with one attached hydrogen (secondary N) is 2. The zero-order valence-electron chi connectivity index (χ0n) is 36.9. The average Bonchev–Trinajstić information content (AvgIpc) is 3.61. The summed E-state index contributed by atoms with van der Waals surface area (Å²) in [4.78, 5) is 71.7. The third-order valence-corrected chi connectivity index (χ3v) is 11.0. The number of aromatic carboxylic acids is 1. The monoisotopic (exact) mass is 1100 g/mol. The first-order valence-electron chi connectivity index (χ1n) is 19.5. The van der Waals surface area contributed by atoms with Crippen LogP contribution in [0.3, 0.4) is 0 Å². The number of carbonyl (C=O) groups is 4. The number of carboxylic acids is 2. The van der Waals surface area contributed by atoms with Crippen LogP contribution in [0, 0.1) is 12.7 Å². The van der Waals surface area contributed by atoms with E-state index in [9.17, 15) is 58.7 Å². The van der Waals surface area contributed by atoms with Crippen LogP contribution in [0.2, 0.25) is 10.0 Å². The fraction of sp³-hybridized carbons (Fsp3) is 0.250. The van der Waals surface area contributed by atoms with Gasteiger partial charge in [0.25, 0.3) is 10.0 Å². The van der Waals surface area contributed by atoms with Gasteiger partial charge < -0.3 is 29.2 Å². The Morgan fingerprint density at radius 1 is 0.931 bits per heavy atom. The SMILES string of the molecule is CCOC(=O)C(Cl)Cc1cc(-n2nc(C)n(C(F)F)c2=O)c(F)cc1Cl.COc1cc(OC)nc(NC(=O)NS(=O)(=O)c2nc(C(F)(F)F)ccc2C(=O)O)n1.O=C(O)COc1ccc(Cl)c2cccnc12. The molecule has 0 saturated heterocycles. The van der Waals surface area contributed by atoms with E-state index >= 15 is 0 Å². The number of amides is 2. The molecule has 0 radical (unpaired) electrons. The number of rotatable bonds is 15. The van der Waals surface area contributed by atoms with Crippen molar-refractivity contribution >= 4 is 85.6 Å². The van der Waals surface area contributed by atoms with Gasteiger partial charge in [-0.15, -0.1) is 16.7 Å². The molecule has 32 heteroatoms. The zero-order valence-corrected chi connectivity index (χ0v) is 40.0. The lowest BCUT2D eigenvalue weighted by Crippen LogP contribution is -2.36. The van der Waals surface area contributed by atoms with Crippen LogP contribution in [0.1, 0.15) is 40.9 Å². The highest BCUT2D eigenvalue weighted by Crippen LogP contribution is 2.31. The molecule has 0 fully saturated rings. The van der Waals surface area contributed by atoms with E-state index in [1.807, 2.05) is 5.32 Å². The molecule has 386 valence electrons. The Morgan fingerprint density at radius 3 is 2.14 bits per heavy atom. The van der Waals surface area contributed by atoms with E-state index in [4.69, 9.17) is 64.0 Å². The molecule has 2 amide bonds. The second-order valence-corrected chi connectivity index (χ2v) is 16.5. The van der Waals surface area contributed by atoms with Crippen LogP contribution in [0.5, 0.6) is 17.5 Å². The maximum Gasteiger partial charge on any atom is 0.433 e. The first-order chi connectivity index (χ1) is 33.7. The van der Waals surface area contributed by atoms with Gasteiger partial charge in [0.2, 0.25) is 17.7 Å². The van der Waals surface area contributed by atoms with Crippen LogP contribution in [0.4, 0.5) is 37.1 Å². The quantitative estimate of drug-likeness (QED) is 0.0472. The van der Waals surface area contributed by atoms with Gasteiger partial charge in [-0.25, -0.2) is 37.8 Å². The standard InChI is InChI=1S/C15H14Cl2F3N3O3.C14H12F3N5O7S.C11H8ClNO3/c1-3-26-13(24)10(17)4-8-5-12(11(18)6-9(8)16)23-15(25)22(14(19)20)7(2)21-23;1-28-8-5-9(29-2)20-12(19-8)21-13(25)22-30(26,27)10-6(11(23)24)3-4-7(18-10)14(15,16)17;12-8-3-4-9(16-6-10(14)15)11-7(8)2-1-5-13-11/h5-6,10,14H,3-4H2,1-2H3;3-5H,1-2H3,(H,23,24)(H2,19,20,21,22,25);1-5H,6H2,(H,14,15). The van der Waals surface area contributed by atoms with Gasteiger partial charge >= 0.3 is 42.4 Å². The van der Waals surface area contributed by atoms with Gasteiger partial charge in [0, 0.05) is 23.0 Å². The summed E-state index contributed by atoms with van der Waals surface area (Å²) in [5, 5.41) is 21.8. The van der Waals surface area contributed by atoms with Crippen molar-refractivity contribution in [3.8, 4) is 23.2 Å². The molecule has 6 aromatic rings. The molecular weight excluding hydrogens is 1070 g/mol. The van der Waals surface area contributed by atoms with Gasteiger partial charge in [-0.3, -0.25) is 15.1 Å². The smallest absolute Gasteiger partial charge is 0.433 e. The molecule has 2 aromatic carbocycles. The molecule has 0 aliphatic rings. The van der Waals surface area contributed by atoms with E-state index in [0.717, 1.165) is 17.5 Å². The lowest BCUT2D eigenvalue weighted by Gasteiger charge is -2.12. The number of ether oxygens (including phenoxy) is 4. The van der Waals surface area contributed by atoms with Crippen molar-refractivity contribution in [3.05, 3.63) is 110 Å². The van der Waals surface area contributed by atoms with E-state index < -0.39 is 92.4 Å². The largest absolute Gasteiger partial charge is 0.481 e. The lowest BCUT2D eigenvalue weighted by molar-refractivity contribution is -0.143. The number of hydrogen-bond donors (Lipinski definition) is 4. The third kappa shape index (κ3) is 14.8. The van der Waals surface area contributed by atoms with Crippen molar-refractivity contribution in [2.45, 2.75) is 43.4 Å². The summed E-state index contributed by atoms with van der Waals surface area (Å²) in [6, 6.07) is 9.28. The summed E-state index contributed by atoms with van der Waals surface area (Å²) in [5.41, 5.74) is -3.55. The maximum absolute atomic E-state index is 14.2. The van der Waals surface area contributed by atoms with Crippen LogP contribution in [0.15, 0.2) is 70.6 Å². The number of alkyl halides is 6. The third-order valence-electron chi connectivity index (χ3n) is 8.68. The number of halogens is 9. The number of pyridine rings is 2. The number of benzene rings is 2. The normalized spacial score (nSPS) is 11.6. The molecule has 22 nitrogen and oxygen atoms in total. The number of carboxylic acid groups (broad SMARTS) is 2. The van der Waals surface area contributed by atoms with Crippen molar-refractivity contribution in [2.75, 3.05) is 32.8 Å². The summed E-state index contributed by atoms with van der Waals surface area (Å²) in [5.74, 6) is -5.01. The van der Waals surface area contributed by atoms with E-state index in [0.29, 0.717) is 33.1 Å². The molecule has 6 rings (SSSR count). The summed E-state index contributed by atoms with van der Waals surface area (Å²) in [6.45, 7) is -0.591. The number of methoxy groups -OCH3 is 2. The van der Waals surface area contributed by atoms with Crippen molar-refractivity contribution in [3.63, 3.8) is 0 Å². The molecule has 0 aliphatic carbocycles. The van der Waals surface area contributed by atoms with Crippen LogP contribution in [0.25, 0.3) is 16.6 Å². The van der Waals surface area contributed by atoms with Crippen LogP contribution < -0.4 is 29.9 Å². The molecule has 0 aliphatic heterocycles. The van der Waals surface area contributed by atoms with Gasteiger partial charge in [-0.1, -0.05) is 23.2 Å². The number of aromatic nitrogens is 7. The van der Waals surface area contributed by atoms with Crippen molar-refractivity contribution in [1.82, 2.24) is 39.0 Å². The van der Waals surface area contributed by atoms with Crippen LogP contribution in [-0.4, -0.2) is 110 Å². The zero-order chi connectivity index (χ0) is 53.8. The molecule has 72 heavy (non-hydrogen) atoms. The highest BCUT2D eigenvalue weighted by molar-refractivity contribution is 7.90. The van der Waals surface area contributed by atoms with E-state index in [1.54, 1.807) is 37.4 Å². The highest BCUT2D eigenvalue weighted by atomic mass is 35.5. The van der Waals surface area contributed by atoms with E-state index in [1.165, 1.54) is 31.9 Å². The first-order valence-corrected chi connectivity index (χ1v) is 22.2. The number of carbonyl (C=O) groups excluding carboxylic acids is 2. The van der Waals surface area contributed by atoms with Gasteiger partial charge in [0.1, 0.15) is 33.8 Å². The number of urea groups is 1. The van der Waals surface area contributed by atoms with Crippen molar-refractivity contribution < 1.29 is 83.1 Å². The van der Waals surface area contributed by atoms with Crippen molar-refractivity contribution in [2.24, 2.45) is 0 Å². The van der Waals surface area contributed by atoms with E-state index in [-0.39, 0.29) is 51.5 Å². The van der Waals surface area contributed by atoms with Gasteiger partial charge in [-0.2, -0.15) is 45.0 Å². The number of esters is 1. The molecule has 0 saturated carbocycles. The highest BCUT2D eigenvalue weighted by Gasteiger charge is 2.36. The van der Waals surface area contributed by atoms with Gasteiger partial charge in [0.05, 0.1) is 37.5 Å². The fourth-order valence-electron chi connectivity index (χ4n) is 5.57. The van der Waals surface area contributed by atoms with Crippen LogP contribution in [-0.2, 0) is 36.9 Å². The Kier molecular flexibility index (Phi) is 19.5. The number of nitrogens with zero attached hydrogens (tertiary/aromatic N) is 7. The molecule has 1 atom stereocenters. The Bertz CT molecular complexity index is 3150. The minimum absolute atomic E-state index is 0.0424. The molecule has 0 bridgehead atoms. The molecule has 4 aromatic heterocycles. The fourth-order valence-corrected chi connectivity index (χ4v) is 7.29. The minimum atomic E-state index is -5.14. The summed E-state index contributed by atoms with van der Waals surface area (Å²) in [7, 11) is -2.66. The van der Waals surface area contributed by atoms with Gasteiger partial charge in [-0.05, 0) is 67.9 Å². The number of aryl methyl sites for hydroxylation is 1. The summed E-state index contributed by atoms with van der Waals surface area (Å²) < 4.78 is 125. The van der Waals surface area contributed by atoms with Crippen molar-refractivity contribution in [1.29, 1.82) is 0 Å². The molecule has 1 unspecified atom stereocenters. The Balaban J connectivity index is 0.000000244. The molecule has 4 N–H and O–H groups in total. The first kappa shape index (κ1) is 57.1. The van der Waals surface area contributed by atoms with E-state index in [2.05, 4.69) is 25.0 Å². The summed E-state index contributed by atoms with van der Waals surface area (Å²) >= 11 is 17.9. The number of fused-ring (bicyclic) bond motifs is 1. The Labute approximate surface area is 415 Å². The Hall–Kier alpha value is -7.50. The number of anilines is 1. The predicted molar refractivity (Wildman–Crippen MR) is 239 cm³/mol. The van der Waals surface area contributed by atoms with Gasteiger partial charge in [0.15, 0.2) is 17.5 Å². The summed E-state index contributed by atoms with van der Waals surface area (Å²) in [6.07, 6.45) is -3.57. The second kappa shape index (κ2) is 24.6. The maximum atomic E-state index is 14.2. The van der Waals surface area contributed by atoms with Crippen LogP contribution >= 0.6 is 34.8 Å². The average molecular weight is 1100 g/mol. The predicted octanol–water partition coefficient (Wildman–Crippen LogP) is 6.71. The second-order valence-electron chi connectivity index (χ2n) is 13.5. The number of hydrogen-bond acceptors (Lipinski definition) is 16. The minimum Gasteiger partial charge on any atom is -0.481 e. The molecular formula is C40H34Cl3F6N9O13S.